The molecule has 0 bridgehead atoms. The summed E-state index contributed by atoms with van der Waals surface area (Å²) in [5.74, 6) is -0.569. The molecule has 2 heterocycles. The number of hydrogen-bond donors (Lipinski definition) is 1. The summed E-state index contributed by atoms with van der Waals surface area (Å²) >= 11 is 0. The van der Waals surface area contributed by atoms with Crippen LogP contribution in [0.3, 0.4) is 0 Å². The molecule has 1 aromatic rings. The summed E-state index contributed by atoms with van der Waals surface area (Å²) in [6, 6.07) is 1.65. The maximum Gasteiger partial charge on any atom is 0.271 e. The van der Waals surface area contributed by atoms with E-state index in [1.165, 1.54) is 0 Å². The zero-order chi connectivity index (χ0) is 18.5. The summed E-state index contributed by atoms with van der Waals surface area (Å²) in [5.41, 5.74) is 0.481. The predicted molar refractivity (Wildman–Crippen MR) is 96.4 cm³/mol. The average Bonchev–Trinajstić information content (AvgIpc) is 3.11. The van der Waals surface area contributed by atoms with Crippen molar-refractivity contribution in [2.45, 2.75) is 63.6 Å². The number of H-pyrrole nitrogens is 1. The Hall–Kier alpha value is -1.92. The summed E-state index contributed by atoms with van der Waals surface area (Å²) < 4.78 is 14.7. The van der Waals surface area contributed by atoms with Gasteiger partial charge in [-0.2, -0.15) is 5.10 Å². The standard InChI is InChI=1S/C19H29FN4O2/c1-23(19(26)17(20)14-6-3-2-4-7-14)15-8-5-12-24(13-10-15)18(25)16-9-11-21-22-16/h9,11,14-15,17H,2-8,10,12-13H2,1H3,(H,21,22). The quantitative estimate of drug-likeness (QED) is 0.893. The van der Waals surface area contributed by atoms with Crippen molar-refractivity contribution in [2.75, 3.05) is 20.1 Å². The van der Waals surface area contributed by atoms with Gasteiger partial charge in [-0.3, -0.25) is 14.7 Å². The minimum atomic E-state index is -1.38. The molecule has 2 unspecified atom stereocenters. The zero-order valence-electron chi connectivity index (χ0n) is 15.5. The molecule has 1 N–H and O–H groups in total. The molecule has 1 aromatic heterocycles. The molecule has 2 aliphatic rings. The SMILES string of the molecule is CN(C(=O)C(F)C1CCCCC1)C1CCCN(C(=O)c2ccn[nH]2)CC1. The van der Waals surface area contributed by atoms with Crippen molar-refractivity contribution in [3.05, 3.63) is 18.0 Å². The first-order valence-electron chi connectivity index (χ1n) is 9.77. The van der Waals surface area contributed by atoms with E-state index < -0.39 is 6.17 Å². The Morgan fingerprint density at radius 3 is 2.65 bits per heavy atom. The molecule has 1 saturated heterocycles. The van der Waals surface area contributed by atoms with Crippen LogP contribution in [0.4, 0.5) is 4.39 Å². The molecule has 26 heavy (non-hydrogen) atoms. The highest BCUT2D eigenvalue weighted by Gasteiger charge is 2.34. The lowest BCUT2D eigenvalue weighted by Crippen LogP contribution is -2.44. The third kappa shape index (κ3) is 4.24. The summed E-state index contributed by atoms with van der Waals surface area (Å²) in [6.45, 7) is 1.22. The molecule has 1 aliphatic heterocycles. The molecule has 7 heteroatoms. The van der Waals surface area contributed by atoms with Crippen LogP contribution in [0.25, 0.3) is 0 Å². The highest BCUT2D eigenvalue weighted by Crippen LogP contribution is 2.29. The molecule has 2 atom stereocenters. The number of hydrogen-bond acceptors (Lipinski definition) is 3. The van der Waals surface area contributed by atoms with Gasteiger partial charge in [-0.25, -0.2) is 4.39 Å². The van der Waals surface area contributed by atoms with Crippen LogP contribution in [0.15, 0.2) is 12.3 Å². The van der Waals surface area contributed by atoms with E-state index in [2.05, 4.69) is 10.2 Å². The molecule has 2 amide bonds. The Morgan fingerprint density at radius 1 is 1.19 bits per heavy atom. The summed E-state index contributed by atoms with van der Waals surface area (Å²) in [6.07, 6.45) is 7.30. The van der Waals surface area contributed by atoms with Crippen LogP contribution < -0.4 is 0 Å². The molecule has 0 aromatic carbocycles. The molecule has 2 fully saturated rings. The van der Waals surface area contributed by atoms with Gasteiger partial charge >= 0.3 is 0 Å². The van der Waals surface area contributed by atoms with Gasteiger partial charge in [0.15, 0.2) is 6.17 Å². The largest absolute Gasteiger partial charge is 0.340 e. The molecule has 6 nitrogen and oxygen atoms in total. The predicted octanol–water partition coefficient (Wildman–Crippen LogP) is 2.78. The summed E-state index contributed by atoms with van der Waals surface area (Å²) in [4.78, 5) is 28.5. The van der Waals surface area contributed by atoms with Crippen molar-refractivity contribution in [3.8, 4) is 0 Å². The lowest BCUT2D eigenvalue weighted by molar-refractivity contribution is -0.140. The van der Waals surface area contributed by atoms with Gasteiger partial charge in [-0.1, -0.05) is 19.3 Å². The third-order valence-electron chi connectivity index (χ3n) is 5.91. The van der Waals surface area contributed by atoms with E-state index in [1.807, 2.05) is 0 Å². The van der Waals surface area contributed by atoms with Crippen LogP contribution in [0.5, 0.6) is 0 Å². The normalized spacial score (nSPS) is 23.3. The number of alkyl halides is 1. The number of nitrogens with one attached hydrogen (secondary N) is 1. The number of aromatic amines is 1. The fourth-order valence-electron chi connectivity index (χ4n) is 4.22. The number of nitrogens with zero attached hydrogens (tertiary/aromatic N) is 3. The Kier molecular flexibility index (Phi) is 6.27. The fourth-order valence-corrected chi connectivity index (χ4v) is 4.22. The third-order valence-corrected chi connectivity index (χ3v) is 5.91. The maximum atomic E-state index is 14.7. The van der Waals surface area contributed by atoms with Crippen LogP contribution in [0, 0.1) is 5.92 Å². The van der Waals surface area contributed by atoms with Crippen LogP contribution >= 0.6 is 0 Å². The van der Waals surface area contributed by atoms with E-state index in [4.69, 9.17) is 0 Å². The summed E-state index contributed by atoms with van der Waals surface area (Å²) in [5, 5.41) is 6.53. The first kappa shape index (κ1) is 18.9. The summed E-state index contributed by atoms with van der Waals surface area (Å²) in [7, 11) is 1.72. The smallest absolute Gasteiger partial charge is 0.271 e. The maximum absolute atomic E-state index is 14.7. The molecule has 144 valence electrons. The Morgan fingerprint density at radius 2 is 1.96 bits per heavy atom. The van der Waals surface area contributed by atoms with Gasteiger partial charge in [-0.05, 0) is 44.1 Å². The van der Waals surface area contributed by atoms with Gasteiger partial charge in [0, 0.05) is 32.4 Å². The van der Waals surface area contributed by atoms with Crippen molar-refractivity contribution in [3.63, 3.8) is 0 Å². The van der Waals surface area contributed by atoms with Crippen LogP contribution in [-0.4, -0.2) is 64.2 Å². The van der Waals surface area contributed by atoms with Crippen LogP contribution in [0.1, 0.15) is 61.9 Å². The number of carbonyl (C=O) groups is 2. The molecular formula is C19H29FN4O2. The van der Waals surface area contributed by atoms with Gasteiger partial charge in [-0.15, -0.1) is 0 Å². The zero-order valence-corrected chi connectivity index (χ0v) is 15.5. The first-order chi connectivity index (χ1) is 12.6. The number of amides is 2. The van der Waals surface area contributed by atoms with E-state index >= 15 is 0 Å². The number of likely N-dealkylation sites (tertiary alicyclic amines) is 1. The topological polar surface area (TPSA) is 69.3 Å². The Labute approximate surface area is 154 Å². The number of halogens is 1. The molecule has 0 radical (unpaired) electrons. The highest BCUT2D eigenvalue weighted by molar-refractivity contribution is 5.92. The first-order valence-corrected chi connectivity index (χ1v) is 9.77. The van der Waals surface area contributed by atoms with Crippen LogP contribution in [0.2, 0.25) is 0 Å². The Bertz CT molecular complexity index is 601. The van der Waals surface area contributed by atoms with Gasteiger partial charge in [0.1, 0.15) is 5.69 Å². The monoisotopic (exact) mass is 364 g/mol. The van der Waals surface area contributed by atoms with Gasteiger partial charge in [0.05, 0.1) is 0 Å². The number of rotatable bonds is 4. The lowest BCUT2D eigenvalue weighted by atomic mass is 9.85. The van der Waals surface area contributed by atoms with E-state index in [0.717, 1.165) is 44.9 Å². The highest BCUT2D eigenvalue weighted by atomic mass is 19.1. The number of aromatic nitrogens is 2. The van der Waals surface area contributed by atoms with Crippen LogP contribution in [-0.2, 0) is 4.79 Å². The second kappa shape index (κ2) is 8.64. The minimum absolute atomic E-state index is 0.0103. The van der Waals surface area contributed by atoms with E-state index in [0.29, 0.717) is 25.2 Å². The van der Waals surface area contributed by atoms with Crippen molar-refractivity contribution in [2.24, 2.45) is 5.92 Å². The van der Waals surface area contributed by atoms with E-state index in [9.17, 15) is 14.0 Å². The Balaban J connectivity index is 1.55. The van der Waals surface area contributed by atoms with Gasteiger partial charge in [0.2, 0.25) is 0 Å². The van der Waals surface area contributed by atoms with Gasteiger partial charge < -0.3 is 9.80 Å². The second-order valence-corrected chi connectivity index (χ2v) is 7.60. The average molecular weight is 364 g/mol. The van der Waals surface area contributed by atoms with E-state index in [-0.39, 0.29) is 23.8 Å². The molecule has 0 spiro atoms. The molecular weight excluding hydrogens is 335 g/mol. The van der Waals surface area contributed by atoms with Crippen molar-refractivity contribution < 1.29 is 14.0 Å². The van der Waals surface area contributed by atoms with E-state index in [1.54, 1.807) is 29.1 Å². The van der Waals surface area contributed by atoms with Crippen molar-refractivity contribution in [1.29, 1.82) is 0 Å². The molecule has 3 rings (SSSR count). The van der Waals surface area contributed by atoms with Crippen molar-refractivity contribution >= 4 is 11.8 Å². The number of carbonyl (C=O) groups excluding carboxylic acids is 2. The van der Waals surface area contributed by atoms with Crippen molar-refractivity contribution in [1.82, 2.24) is 20.0 Å². The molecule has 1 saturated carbocycles. The van der Waals surface area contributed by atoms with Gasteiger partial charge in [0.25, 0.3) is 11.8 Å². The minimum Gasteiger partial charge on any atom is -0.340 e. The lowest BCUT2D eigenvalue weighted by Gasteiger charge is -2.32. The molecule has 1 aliphatic carbocycles. The fraction of sp³-hybridized carbons (Fsp3) is 0.737. The second-order valence-electron chi connectivity index (χ2n) is 7.60.